The van der Waals surface area contributed by atoms with Crippen LogP contribution in [-0.2, 0) is 6.54 Å². The van der Waals surface area contributed by atoms with Gasteiger partial charge in [0.2, 0.25) is 0 Å². The average molecular weight is 386 g/mol. The van der Waals surface area contributed by atoms with Gasteiger partial charge in [0, 0.05) is 23.7 Å². The van der Waals surface area contributed by atoms with Gasteiger partial charge in [0.1, 0.15) is 5.69 Å². The van der Waals surface area contributed by atoms with Crippen molar-refractivity contribution in [2.75, 3.05) is 6.54 Å². The van der Waals surface area contributed by atoms with E-state index in [0.29, 0.717) is 27.9 Å². The molecular weight excluding hydrogens is 373 g/mol. The Bertz CT molecular complexity index is 972. The number of halogens is 2. The molecule has 0 radical (unpaired) electrons. The fraction of sp³-hybridized carbons (Fsp3) is 0.286. The molecule has 3 rings (SSSR count). The van der Waals surface area contributed by atoms with Crippen LogP contribution in [0.15, 0.2) is 17.1 Å². The zero-order valence-corrected chi connectivity index (χ0v) is 15.2. The summed E-state index contributed by atoms with van der Waals surface area (Å²) in [7, 11) is 0. The minimum absolute atomic E-state index is 0.194. The maximum absolute atomic E-state index is 12.5. The SMILES string of the molecule is CCNC(=O)c1c(C)sc2nc(Cn3cc(Cl)c(Cl)n3)cc(=O)n12. The summed E-state index contributed by atoms with van der Waals surface area (Å²) in [5.41, 5.74) is 0.524. The third-order valence-electron chi connectivity index (χ3n) is 3.29. The standard InChI is InChI=1S/C14H13Cl2N5O2S/c1-3-17-13(23)11-7(2)24-14-18-8(4-10(22)21(11)14)5-20-6-9(15)12(16)19-20/h4,6H,3,5H2,1-2H3,(H,17,23). The maximum atomic E-state index is 12.5. The highest BCUT2D eigenvalue weighted by Crippen LogP contribution is 2.21. The van der Waals surface area contributed by atoms with E-state index >= 15 is 0 Å². The van der Waals surface area contributed by atoms with E-state index in [4.69, 9.17) is 23.2 Å². The molecule has 126 valence electrons. The van der Waals surface area contributed by atoms with Crippen molar-refractivity contribution in [3.63, 3.8) is 0 Å². The Kier molecular flexibility index (Phi) is 4.62. The summed E-state index contributed by atoms with van der Waals surface area (Å²) in [6, 6.07) is 1.38. The quantitative estimate of drug-likeness (QED) is 0.747. The second-order valence-corrected chi connectivity index (χ2v) is 6.98. The van der Waals surface area contributed by atoms with Crippen LogP contribution in [0.25, 0.3) is 4.96 Å². The lowest BCUT2D eigenvalue weighted by Gasteiger charge is -2.04. The van der Waals surface area contributed by atoms with Crippen LogP contribution in [0.3, 0.4) is 0 Å². The highest BCUT2D eigenvalue weighted by Gasteiger charge is 2.19. The predicted molar refractivity (Wildman–Crippen MR) is 93.4 cm³/mol. The van der Waals surface area contributed by atoms with Crippen LogP contribution in [0.2, 0.25) is 10.2 Å². The number of nitrogens with one attached hydrogen (secondary N) is 1. The van der Waals surface area contributed by atoms with Crippen molar-refractivity contribution in [2.24, 2.45) is 0 Å². The molecule has 0 saturated carbocycles. The van der Waals surface area contributed by atoms with Crippen LogP contribution in [0.5, 0.6) is 0 Å². The van der Waals surface area contributed by atoms with Crippen LogP contribution in [0.4, 0.5) is 0 Å². The van der Waals surface area contributed by atoms with Crippen molar-refractivity contribution in [2.45, 2.75) is 20.4 Å². The van der Waals surface area contributed by atoms with Crippen LogP contribution < -0.4 is 10.9 Å². The van der Waals surface area contributed by atoms with Crippen molar-refractivity contribution in [3.8, 4) is 0 Å². The van der Waals surface area contributed by atoms with Crippen molar-refractivity contribution in [3.05, 3.63) is 49.1 Å². The van der Waals surface area contributed by atoms with Gasteiger partial charge in [-0.1, -0.05) is 23.2 Å². The topological polar surface area (TPSA) is 81.3 Å². The molecule has 0 saturated heterocycles. The van der Waals surface area contributed by atoms with Gasteiger partial charge in [0.25, 0.3) is 11.5 Å². The van der Waals surface area contributed by atoms with E-state index in [-0.39, 0.29) is 23.2 Å². The molecular formula is C14H13Cl2N5O2S. The molecule has 0 bridgehead atoms. The summed E-state index contributed by atoms with van der Waals surface area (Å²) < 4.78 is 2.84. The number of thiazole rings is 1. The first kappa shape index (κ1) is 16.9. The lowest BCUT2D eigenvalue weighted by Crippen LogP contribution is -2.28. The van der Waals surface area contributed by atoms with Crippen molar-refractivity contribution in [1.29, 1.82) is 0 Å². The van der Waals surface area contributed by atoms with Crippen molar-refractivity contribution in [1.82, 2.24) is 24.5 Å². The Morgan fingerprint density at radius 2 is 2.17 bits per heavy atom. The van der Waals surface area contributed by atoms with E-state index in [2.05, 4.69) is 15.4 Å². The maximum Gasteiger partial charge on any atom is 0.269 e. The molecule has 24 heavy (non-hydrogen) atoms. The third kappa shape index (κ3) is 3.04. The predicted octanol–water partition coefficient (Wildman–Crippen LogP) is 2.37. The molecule has 0 unspecified atom stereocenters. The van der Waals surface area contributed by atoms with E-state index in [1.165, 1.54) is 26.5 Å². The second kappa shape index (κ2) is 6.54. The number of fused-ring (bicyclic) bond motifs is 1. The Morgan fingerprint density at radius 3 is 2.79 bits per heavy atom. The zero-order valence-electron chi connectivity index (χ0n) is 12.8. The second-order valence-electron chi connectivity index (χ2n) is 5.04. The Morgan fingerprint density at radius 1 is 1.42 bits per heavy atom. The number of aryl methyl sites for hydroxylation is 1. The zero-order chi connectivity index (χ0) is 17.4. The first-order chi connectivity index (χ1) is 11.4. The molecule has 0 atom stereocenters. The summed E-state index contributed by atoms with van der Waals surface area (Å²) in [5.74, 6) is -0.288. The van der Waals surface area contributed by atoms with Gasteiger partial charge in [-0.2, -0.15) is 5.10 Å². The molecule has 7 nitrogen and oxygen atoms in total. The summed E-state index contributed by atoms with van der Waals surface area (Å²) in [5, 5.41) is 7.27. The van der Waals surface area contributed by atoms with E-state index < -0.39 is 0 Å². The van der Waals surface area contributed by atoms with E-state index in [0.717, 1.165) is 4.88 Å². The number of rotatable bonds is 4. The van der Waals surface area contributed by atoms with Crippen molar-refractivity contribution < 1.29 is 4.79 Å². The van der Waals surface area contributed by atoms with E-state index in [1.54, 1.807) is 13.1 Å². The van der Waals surface area contributed by atoms with Gasteiger partial charge in [-0.25, -0.2) is 9.38 Å². The number of aromatic nitrogens is 4. The van der Waals surface area contributed by atoms with Gasteiger partial charge < -0.3 is 5.32 Å². The largest absolute Gasteiger partial charge is 0.351 e. The first-order valence-electron chi connectivity index (χ1n) is 7.09. The van der Waals surface area contributed by atoms with Gasteiger partial charge in [0.05, 0.1) is 17.3 Å². The molecule has 1 N–H and O–H groups in total. The molecule has 0 spiro atoms. The molecule has 3 heterocycles. The lowest BCUT2D eigenvalue weighted by atomic mass is 10.3. The molecule has 3 aromatic heterocycles. The number of carbonyl (C=O) groups is 1. The normalized spacial score (nSPS) is 11.2. The number of nitrogens with zero attached hydrogens (tertiary/aromatic N) is 4. The smallest absolute Gasteiger partial charge is 0.269 e. The minimum Gasteiger partial charge on any atom is -0.351 e. The van der Waals surface area contributed by atoms with Crippen LogP contribution in [0.1, 0.15) is 28.0 Å². The molecule has 10 heteroatoms. The van der Waals surface area contributed by atoms with E-state index in [9.17, 15) is 9.59 Å². The van der Waals surface area contributed by atoms with Crippen LogP contribution >= 0.6 is 34.5 Å². The average Bonchev–Trinajstić information content (AvgIpc) is 2.98. The molecule has 0 aromatic carbocycles. The van der Waals surface area contributed by atoms with Crippen LogP contribution in [0, 0.1) is 6.92 Å². The fourth-order valence-electron chi connectivity index (χ4n) is 2.33. The molecule has 0 aliphatic rings. The number of amides is 1. The molecule has 1 amide bonds. The summed E-state index contributed by atoms with van der Waals surface area (Å²) in [4.78, 5) is 30.3. The third-order valence-corrected chi connectivity index (χ3v) is 4.90. The number of hydrogen-bond acceptors (Lipinski definition) is 5. The fourth-order valence-corrected chi connectivity index (χ4v) is 3.62. The van der Waals surface area contributed by atoms with Gasteiger partial charge in [-0.15, -0.1) is 11.3 Å². The van der Waals surface area contributed by atoms with Gasteiger partial charge in [-0.05, 0) is 13.8 Å². The van der Waals surface area contributed by atoms with E-state index in [1.807, 2.05) is 6.92 Å². The monoisotopic (exact) mass is 385 g/mol. The Labute approximate surface area is 150 Å². The van der Waals surface area contributed by atoms with Gasteiger partial charge in [-0.3, -0.25) is 14.3 Å². The highest BCUT2D eigenvalue weighted by molar-refractivity contribution is 7.17. The van der Waals surface area contributed by atoms with Crippen LogP contribution in [-0.4, -0.2) is 31.6 Å². The molecule has 3 aromatic rings. The number of carbonyl (C=O) groups excluding carboxylic acids is 1. The first-order valence-corrected chi connectivity index (χ1v) is 8.66. The number of hydrogen-bond donors (Lipinski definition) is 1. The Hall–Kier alpha value is -1.90. The van der Waals surface area contributed by atoms with Crippen molar-refractivity contribution >= 4 is 45.4 Å². The molecule has 0 fully saturated rings. The summed E-state index contributed by atoms with van der Waals surface area (Å²) >= 11 is 13.0. The van der Waals surface area contributed by atoms with Gasteiger partial charge >= 0.3 is 0 Å². The highest BCUT2D eigenvalue weighted by atomic mass is 35.5. The lowest BCUT2D eigenvalue weighted by molar-refractivity contribution is 0.0949. The molecule has 0 aliphatic heterocycles. The molecule has 0 aliphatic carbocycles. The summed E-state index contributed by atoms with van der Waals surface area (Å²) in [6.45, 7) is 4.35. The minimum atomic E-state index is -0.315. The Balaban J connectivity index is 2.05. The van der Waals surface area contributed by atoms with Gasteiger partial charge in [0.15, 0.2) is 10.1 Å². The summed E-state index contributed by atoms with van der Waals surface area (Å²) in [6.07, 6.45) is 1.56.